The summed E-state index contributed by atoms with van der Waals surface area (Å²) in [6, 6.07) is 13.1. The molecule has 2 aromatic carbocycles. The number of halogens is 1. The van der Waals surface area contributed by atoms with E-state index in [0.717, 1.165) is 25.1 Å². The minimum Gasteiger partial charge on any atom is -0.494 e. The average Bonchev–Trinajstić information content (AvgIpc) is 3.21. The summed E-state index contributed by atoms with van der Waals surface area (Å²) in [7, 11) is 0. The molecule has 0 bridgehead atoms. The van der Waals surface area contributed by atoms with Crippen LogP contribution in [0.2, 0.25) is 5.02 Å². The van der Waals surface area contributed by atoms with Gasteiger partial charge in [-0.3, -0.25) is 14.7 Å². The molecule has 4 rings (SSSR count). The number of rotatable bonds is 5. The van der Waals surface area contributed by atoms with Crippen LogP contribution in [0.4, 0.5) is 0 Å². The lowest BCUT2D eigenvalue weighted by molar-refractivity contribution is 0.273. The molecule has 1 atom stereocenters. The Morgan fingerprint density at radius 3 is 2.73 bits per heavy atom. The number of fused-ring (bicyclic) bond motifs is 1. The van der Waals surface area contributed by atoms with E-state index < -0.39 is 0 Å². The van der Waals surface area contributed by atoms with Gasteiger partial charge in [-0.05, 0) is 56.6 Å². The Balaban J connectivity index is 1.84. The second-order valence-corrected chi connectivity index (χ2v) is 8.13. The lowest BCUT2D eigenvalue weighted by atomic mass is 10.1. The first-order valence-corrected chi connectivity index (χ1v) is 10.8. The zero-order valence-electron chi connectivity index (χ0n) is 17.3. The van der Waals surface area contributed by atoms with E-state index in [9.17, 15) is 9.90 Å². The summed E-state index contributed by atoms with van der Waals surface area (Å²) in [5.74, 6) is -0.119. The third-order valence-corrected chi connectivity index (χ3v) is 6.43. The molecule has 1 N–H and O–H groups in total. The van der Waals surface area contributed by atoms with E-state index in [1.54, 1.807) is 30.5 Å². The number of hydrogen-bond acceptors (Lipinski definition) is 4. The number of aliphatic imine (C=N–C) groups is 1. The Kier molecular flexibility index (Phi) is 5.93. The number of hydrogen-bond donors (Lipinski definition) is 1. The van der Waals surface area contributed by atoms with Crippen molar-refractivity contribution in [2.75, 3.05) is 19.6 Å². The zero-order valence-corrected chi connectivity index (χ0v) is 18.1. The van der Waals surface area contributed by atoms with E-state index in [1.807, 2.05) is 25.1 Å². The third-order valence-electron chi connectivity index (χ3n) is 6.03. The zero-order chi connectivity index (χ0) is 21.3. The summed E-state index contributed by atoms with van der Waals surface area (Å²) >= 11 is 6.28. The van der Waals surface area contributed by atoms with Crippen LogP contribution in [-0.2, 0) is 0 Å². The number of likely N-dealkylation sites (N-methyl/N-ethyl adjacent to an activating group) is 1. The van der Waals surface area contributed by atoms with Crippen LogP contribution in [0.15, 0.2) is 52.3 Å². The smallest absolute Gasteiger partial charge is 0.265 e. The molecule has 1 aromatic heterocycles. The summed E-state index contributed by atoms with van der Waals surface area (Å²) in [6.07, 6.45) is 4.04. The Hall–Kier alpha value is -2.63. The van der Waals surface area contributed by atoms with Crippen molar-refractivity contribution in [3.05, 3.63) is 69.0 Å². The molecule has 0 spiro atoms. The largest absolute Gasteiger partial charge is 0.494 e. The van der Waals surface area contributed by atoms with Crippen LogP contribution in [0.1, 0.15) is 30.9 Å². The molecule has 6 heteroatoms. The fourth-order valence-corrected chi connectivity index (χ4v) is 4.50. The molecule has 0 saturated carbocycles. The van der Waals surface area contributed by atoms with Crippen molar-refractivity contribution in [3.63, 3.8) is 0 Å². The van der Waals surface area contributed by atoms with E-state index in [2.05, 4.69) is 16.8 Å². The number of benzene rings is 2. The first kappa shape index (κ1) is 20.6. The molecule has 0 unspecified atom stereocenters. The highest BCUT2D eigenvalue weighted by molar-refractivity contribution is 6.31. The molecule has 1 saturated heterocycles. The van der Waals surface area contributed by atoms with E-state index in [4.69, 9.17) is 11.6 Å². The maximum absolute atomic E-state index is 13.2. The summed E-state index contributed by atoms with van der Waals surface area (Å²) in [5, 5.41) is 12.9. The Labute approximate surface area is 181 Å². The van der Waals surface area contributed by atoms with Crippen LogP contribution < -0.4 is 5.56 Å². The molecule has 0 amide bonds. The molecule has 2 heterocycles. The van der Waals surface area contributed by atoms with Crippen LogP contribution in [0, 0.1) is 6.92 Å². The van der Waals surface area contributed by atoms with E-state index in [0.29, 0.717) is 39.6 Å². The molecule has 1 aliphatic heterocycles. The van der Waals surface area contributed by atoms with Crippen molar-refractivity contribution in [2.45, 2.75) is 32.7 Å². The van der Waals surface area contributed by atoms with Gasteiger partial charge in [0.15, 0.2) is 0 Å². The van der Waals surface area contributed by atoms with Gasteiger partial charge in [0, 0.05) is 28.1 Å². The SMILES string of the molecule is CCN1CCC[C@@H]1CN=Cc1c(O)n(-c2cccc(Cl)c2C)c(=O)c2ccccc12. The van der Waals surface area contributed by atoms with Gasteiger partial charge in [-0.25, -0.2) is 4.57 Å². The van der Waals surface area contributed by atoms with Gasteiger partial charge in [-0.15, -0.1) is 0 Å². The lowest BCUT2D eigenvalue weighted by Crippen LogP contribution is -2.31. The van der Waals surface area contributed by atoms with Crippen molar-refractivity contribution >= 4 is 28.6 Å². The molecule has 5 nitrogen and oxygen atoms in total. The van der Waals surface area contributed by atoms with Crippen molar-refractivity contribution < 1.29 is 5.11 Å². The Morgan fingerprint density at radius 1 is 1.20 bits per heavy atom. The molecule has 156 valence electrons. The molecule has 3 aromatic rings. The van der Waals surface area contributed by atoms with Crippen molar-refractivity contribution in [3.8, 4) is 11.6 Å². The quantitative estimate of drug-likeness (QED) is 0.612. The van der Waals surface area contributed by atoms with Gasteiger partial charge in [-0.1, -0.05) is 42.8 Å². The van der Waals surface area contributed by atoms with Crippen LogP contribution in [-0.4, -0.2) is 46.5 Å². The monoisotopic (exact) mass is 423 g/mol. The second kappa shape index (κ2) is 8.62. The summed E-state index contributed by atoms with van der Waals surface area (Å²) < 4.78 is 1.33. The number of aromatic nitrogens is 1. The molecule has 30 heavy (non-hydrogen) atoms. The first-order chi connectivity index (χ1) is 14.5. The minimum absolute atomic E-state index is 0.119. The predicted octanol–water partition coefficient (Wildman–Crippen LogP) is 4.56. The molecular formula is C24H26ClN3O2. The molecule has 1 fully saturated rings. The maximum Gasteiger partial charge on any atom is 0.265 e. The summed E-state index contributed by atoms with van der Waals surface area (Å²) in [4.78, 5) is 20.3. The highest BCUT2D eigenvalue weighted by atomic mass is 35.5. The number of nitrogens with zero attached hydrogens (tertiary/aromatic N) is 3. The number of likely N-dealkylation sites (tertiary alicyclic amines) is 1. The van der Waals surface area contributed by atoms with Gasteiger partial charge >= 0.3 is 0 Å². The Morgan fingerprint density at radius 2 is 1.97 bits per heavy atom. The summed E-state index contributed by atoms with van der Waals surface area (Å²) in [5.41, 5.74) is 1.57. The Bertz CT molecular complexity index is 1170. The van der Waals surface area contributed by atoms with E-state index in [1.165, 1.54) is 11.0 Å². The summed E-state index contributed by atoms with van der Waals surface area (Å²) in [6.45, 7) is 6.82. The van der Waals surface area contributed by atoms with Gasteiger partial charge in [0.2, 0.25) is 5.88 Å². The molecular weight excluding hydrogens is 398 g/mol. The highest BCUT2D eigenvalue weighted by Crippen LogP contribution is 2.29. The van der Waals surface area contributed by atoms with Gasteiger partial charge < -0.3 is 5.11 Å². The average molecular weight is 424 g/mol. The van der Waals surface area contributed by atoms with Crippen molar-refractivity contribution in [1.29, 1.82) is 0 Å². The van der Waals surface area contributed by atoms with E-state index in [-0.39, 0.29) is 11.4 Å². The maximum atomic E-state index is 13.2. The molecule has 0 radical (unpaired) electrons. The minimum atomic E-state index is -0.279. The predicted molar refractivity (Wildman–Crippen MR) is 124 cm³/mol. The fourth-order valence-electron chi connectivity index (χ4n) is 4.34. The van der Waals surface area contributed by atoms with Gasteiger partial charge in [-0.2, -0.15) is 0 Å². The highest BCUT2D eigenvalue weighted by Gasteiger charge is 2.22. The first-order valence-electron chi connectivity index (χ1n) is 10.4. The van der Waals surface area contributed by atoms with Gasteiger partial charge in [0.05, 0.1) is 17.8 Å². The van der Waals surface area contributed by atoms with Crippen LogP contribution in [0.5, 0.6) is 5.88 Å². The number of pyridine rings is 1. The van der Waals surface area contributed by atoms with Crippen LogP contribution in [0.25, 0.3) is 16.5 Å². The van der Waals surface area contributed by atoms with Crippen molar-refractivity contribution in [1.82, 2.24) is 9.47 Å². The topological polar surface area (TPSA) is 57.8 Å². The molecule has 0 aliphatic carbocycles. The lowest BCUT2D eigenvalue weighted by Gasteiger charge is -2.20. The second-order valence-electron chi connectivity index (χ2n) is 7.73. The third kappa shape index (κ3) is 3.64. The van der Waals surface area contributed by atoms with Gasteiger partial charge in [0.25, 0.3) is 5.56 Å². The van der Waals surface area contributed by atoms with Crippen LogP contribution >= 0.6 is 11.6 Å². The standard InChI is InChI=1S/C24H26ClN3O2/c1-3-27-13-7-8-17(27)14-26-15-20-18-9-4-5-10-19(18)23(29)28(24(20)30)22-12-6-11-21(25)16(22)2/h4-6,9-12,15,17,30H,3,7-8,13-14H2,1-2H3/t17-/m1/s1. The van der Waals surface area contributed by atoms with Crippen LogP contribution in [0.3, 0.4) is 0 Å². The van der Waals surface area contributed by atoms with E-state index >= 15 is 0 Å². The fraction of sp³-hybridized carbons (Fsp3) is 0.333. The molecule has 1 aliphatic rings. The normalized spacial score (nSPS) is 17.4. The number of aromatic hydroxyl groups is 1. The van der Waals surface area contributed by atoms with Gasteiger partial charge in [0.1, 0.15) is 0 Å². The van der Waals surface area contributed by atoms with Crippen molar-refractivity contribution in [2.24, 2.45) is 4.99 Å².